The summed E-state index contributed by atoms with van der Waals surface area (Å²) in [7, 11) is 3.22. The lowest BCUT2D eigenvalue weighted by Gasteiger charge is -2.33. The number of benzene rings is 1. The maximum atomic E-state index is 10.1. The first-order valence-electron chi connectivity index (χ1n) is 9.20. The van der Waals surface area contributed by atoms with E-state index in [4.69, 9.17) is 14.2 Å². The van der Waals surface area contributed by atoms with Gasteiger partial charge >= 0.3 is 0 Å². The molecule has 1 aliphatic rings. The summed E-state index contributed by atoms with van der Waals surface area (Å²) in [4.78, 5) is 0. The molecular formula is C20H27NO6. The Morgan fingerprint density at radius 2 is 1.85 bits per heavy atom. The van der Waals surface area contributed by atoms with Crippen LogP contribution in [0, 0.1) is 0 Å². The predicted molar refractivity (Wildman–Crippen MR) is 99.9 cm³/mol. The minimum absolute atomic E-state index is 0.153. The molecule has 3 rings (SSSR count). The van der Waals surface area contributed by atoms with Gasteiger partial charge in [-0.3, -0.25) is 4.57 Å². The van der Waals surface area contributed by atoms with Gasteiger partial charge in [-0.15, -0.1) is 0 Å². The van der Waals surface area contributed by atoms with E-state index >= 15 is 0 Å². The Labute approximate surface area is 158 Å². The molecule has 1 heterocycles. The van der Waals surface area contributed by atoms with Crippen molar-refractivity contribution in [3.05, 3.63) is 29.8 Å². The quantitative estimate of drug-likeness (QED) is 0.685. The fourth-order valence-electron chi connectivity index (χ4n) is 3.85. The van der Waals surface area contributed by atoms with Gasteiger partial charge in [0.25, 0.3) is 0 Å². The van der Waals surface area contributed by atoms with Crippen LogP contribution in [-0.2, 0) is 11.2 Å². The Morgan fingerprint density at radius 3 is 2.52 bits per heavy atom. The van der Waals surface area contributed by atoms with Crippen LogP contribution < -0.4 is 9.47 Å². The second kappa shape index (κ2) is 8.43. The van der Waals surface area contributed by atoms with Gasteiger partial charge in [0.2, 0.25) is 5.88 Å². The van der Waals surface area contributed by atoms with Crippen molar-refractivity contribution in [1.29, 1.82) is 0 Å². The van der Waals surface area contributed by atoms with Crippen LogP contribution in [0.1, 0.15) is 37.3 Å². The topological polar surface area (TPSA) is 93.3 Å². The van der Waals surface area contributed by atoms with Gasteiger partial charge in [-0.2, -0.15) is 0 Å². The third-order valence-electron chi connectivity index (χ3n) is 5.16. The highest BCUT2D eigenvalue weighted by Crippen LogP contribution is 2.42. The summed E-state index contributed by atoms with van der Waals surface area (Å²) in [5, 5.41) is 29.8. The molecule has 1 saturated carbocycles. The SMILES string of the molecule is COc1cccc(CCOC2CCCCC2n2c(O)cc(O)c2O)c1OC. The second-order valence-electron chi connectivity index (χ2n) is 6.75. The standard InChI is InChI=1S/C20H27NO6/c1-25-17-9-5-6-13(19(17)26-2)10-11-27-16-8-4-3-7-14(16)21-18(23)12-15(22)20(21)24/h5-6,9,12,14,16,22-24H,3-4,7-8,10-11H2,1-2H3. The fourth-order valence-corrected chi connectivity index (χ4v) is 3.85. The molecule has 2 unspecified atom stereocenters. The number of aromatic hydroxyl groups is 3. The average molecular weight is 377 g/mol. The predicted octanol–water partition coefficient (Wildman–Crippen LogP) is 3.37. The van der Waals surface area contributed by atoms with Crippen molar-refractivity contribution in [1.82, 2.24) is 4.57 Å². The summed E-state index contributed by atoms with van der Waals surface area (Å²) in [6.45, 7) is 0.472. The van der Waals surface area contributed by atoms with Gasteiger partial charge in [0, 0.05) is 11.6 Å². The maximum absolute atomic E-state index is 10.1. The van der Waals surface area contributed by atoms with E-state index in [1.807, 2.05) is 18.2 Å². The van der Waals surface area contributed by atoms with Crippen LogP contribution in [-0.4, -0.2) is 46.8 Å². The van der Waals surface area contributed by atoms with Crippen molar-refractivity contribution in [2.24, 2.45) is 0 Å². The molecule has 27 heavy (non-hydrogen) atoms. The maximum Gasteiger partial charge on any atom is 0.237 e. The summed E-state index contributed by atoms with van der Waals surface area (Å²) >= 11 is 0. The van der Waals surface area contributed by atoms with Crippen LogP contribution >= 0.6 is 0 Å². The van der Waals surface area contributed by atoms with Gasteiger partial charge in [-0.1, -0.05) is 25.0 Å². The van der Waals surface area contributed by atoms with Gasteiger partial charge in [0.1, 0.15) is 0 Å². The molecule has 2 atom stereocenters. The molecule has 0 saturated heterocycles. The Kier molecular flexibility index (Phi) is 6.01. The number of rotatable bonds is 7. The lowest BCUT2D eigenvalue weighted by molar-refractivity contribution is -0.00819. The Bertz CT molecular complexity index is 772. The van der Waals surface area contributed by atoms with Crippen LogP contribution in [0.15, 0.2) is 24.3 Å². The molecule has 3 N–H and O–H groups in total. The van der Waals surface area contributed by atoms with E-state index in [0.29, 0.717) is 24.5 Å². The number of ether oxygens (including phenoxy) is 3. The van der Waals surface area contributed by atoms with Crippen molar-refractivity contribution >= 4 is 0 Å². The van der Waals surface area contributed by atoms with Crippen molar-refractivity contribution in [2.75, 3.05) is 20.8 Å². The monoisotopic (exact) mass is 377 g/mol. The number of para-hydroxylation sites is 1. The van der Waals surface area contributed by atoms with E-state index in [9.17, 15) is 15.3 Å². The highest BCUT2D eigenvalue weighted by molar-refractivity contribution is 5.46. The first-order valence-corrected chi connectivity index (χ1v) is 9.20. The zero-order valence-electron chi connectivity index (χ0n) is 15.7. The zero-order chi connectivity index (χ0) is 19.4. The number of aromatic nitrogens is 1. The van der Waals surface area contributed by atoms with Gasteiger partial charge in [0.15, 0.2) is 23.1 Å². The summed E-state index contributed by atoms with van der Waals surface area (Å²) in [6, 6.07) is 6.68. The minimum Gasteiger partial charge on any atom is -0.503 e. The van der Waals surface area contributed by atoms with Crippen LogP contribution in [0.4, 0.5) is 0 Å². The van der Waals surface area contributed by atoms with E-state index in [2.05, 4.69) is 0 Å². The number of hydrogen-bond acceptors (Lipinski definition) is 6. The normalized spacial score (nSPS) is 19.8. The lowest BCUT2D eigenvalue weighted by Crippen LogP contribution is -2.30. The highest BCUT2D eigenvalue weighted by atomic mass is 16.5. The molecule has 0 amide bonds. The molecule has 0 bridgehead atoms. The molecular weight excluding hydrogens is 350 g/mol. The van der Waals surface area contributed by atoms with Gasteiger partial charge in [-0.25, -0.2) is 0 Å². The summed E-state index contributed by atoms with van der Waals surface area (Å²) in [6.07, 6.45) is 4.10. The first-order chi connectivity index (χ1) is 13.1. The molecule has 2 aromatic rings. The van der Waals surface area contributed by atoms with Crippen molar-refractivity contribution in [3.8, 4) is 29.0 Å². The molecule has 1 aromatic carbocycles. The summed E-state index contributed by atoms with van der Waals surface area (Å²) < 4.78 is 18.3. The number of methoxy groups -OCH3 is 2. The fraction of sp³-hybridized carbons (Fsp3) is 0.500. The molecule has 7 heteroatoms. The minimum atomic E-state index is -0.321. The van der Waals surface area contributed by atoms with E-state index < -0.39 is 0 Å². The van der Waals surface area contributed by atoms with E-state index in [1.165, 1.54) is 4.57 Å². The van der Waals surface area contributed by atoms with Crippen molar-refractivity contribution < 1.29 is 29.5 Å². The Balaban J connectivity index is 1.69. The number of hydrogen-bond donors (Lipinski definition) is 3. The molecule has 1 aromatic heterocycles. The number of nitrogens with zero attached hydrogens (tertiary/aromatic N) is 1. The third kappa shape index (κ3) is 3.93. The van der Waals surface area contributed by atoms with Crippen molar-refractivity contribution in [3.63, 3.8) is 0 Å². The van der Waals surface area contributed by atoms with Gasteiger partial charge < -0.3 is 29.5 Å². The molecule has 1 aliphatic carbocycles. The zero-order valence-corrected chi connectivity index (χ0v) is 15.7. The van der Waals surface area contributed by atoms with Crippen LogP contribution in [0.25, 0.3) is 0 Å². The Hall–Kier alpha value is -2.54. The lowest BCUT2D eigenvalue weighted by atomic mass is 9.92. The van der Waals surface area contributed by atoms with Crippen LogP contribution in [0.5, 0.6) is 29.0 Å². The highest BCUT2D eigenvalue weighted by Gasteiger charge is 2.31. The smallest absolute Gasteiger partial charge is 0.237 e. The van der Waals surface area contributed by atoms with Gasteiger partial charge in [-0.05, 0) is 25.3 Å². The Morgan fingerprint density at radius 1 is 1.07 bits per heavy atom. The van der Waals surface area contributed by atoms with Crippen molar-refractivity contribution in [2.45, 2.75) is 44.2 Å². The molecule has 148 valence electrons. The molecule has 0 spiro atoms. The van der Waals surface area contributed by atoms with Crippen LogP contribution in [0.3, 0.4) is 0 Å². The summed E-state index contributed by atoms with van der Waals surface area (Å²) in [5.41, 5.74) is 0.994. The van der Waals surface area contributed by atoms with E-state index in [1.54, 1.807) is 14.2 Å². The molecule has 1 fully saturated rings. The molecule has 7 nitrogen and oxygen atoms in total. The second-order valence-corrected chi connectivity index (χ2v) is 6.75. The summed E-state index contributed by atoms with van der Waals surface area (Å²) in [5.74, 6) is 0.595. The largest absolute Gasteiger partial charge is 0.503 e. The third-order valence-corrected chi connectivity index (χ3v) is 5.16. The molecule has 0 radical (unpaired) electrons. The van der Waals surface area contributed by atoms with E-state index in [0.717, 1.165) is 37.3 Å². The van der Waals surface area contributed by atoms with E-state index in [-0.39, 0.29) is 29.7 Å². The average Bonchev–Trinajstić information content (AvgIpc) is 2.93. The first kappa shape index (κ1) is 19.2. The van der Waals surface area contributed by atoms with Crippen LogP contribution in [0.2, 0.25) is 0 Å². The molecule has 0 aliphatic heterocycles. The van der Waals surface area contributed by atoms with Gasteiger partial charge in [0.05, 0.1) is 33.0 Å².